The first-order chi connectivity index (χ1) is 13.3. The van der Waals surface area contributed by atoms with Crippen LogP contribution in [0, 0.1) is 0 Å². The van der Waals surface area contributed by atoms with Gasteiger partial charge in [-0.25, -0.2) is 4.98 Å². The van der Waals surface area contributed by atoms with Gasteiger partial charge in [0.25, 0.3) is 5.91 Å². The van der Waals surface area contributed by atoms with Crippen LogP contribution in [0.25, 0.3) is 11.5 Å². The molecule has 4 heterocycles. The summed E-state index contributed by atoms with van der Waals surface area (Å²) in [5.41, 5.74) is 1.79. The maximum absolute atomic E-state index is 13.1. The third-order valence-electron chi connectivity index (χ3n) is 5.34. The van der Waals surface area contributed by atoms with Crippen molar-refractivity contribution in [3.63, 3.8) is 0 Å². The third-order valence-corrected chi connectivity index (χ3v) is 5.34. The van der Waals surface area contributed by atoms with Crippen LogP contribution < -0.4 is 0 Å². The van der Waals surface area contributed by atoms with E-state index in [1.165, 1.54) is 6.42 Å². The number of aryl methyl sites for hydroxylation is 1. The van der Waals surface area contributed by atoms with Gasteiger partial charge in [0.2, 0.25) is 11.7 Å². The van der Waals surface area contributed by atoms with E-state index in [2.05, 4.69) is 15.2 Å². The number of oxazole rings is 1. The fraction of sp³-hybridized carbons (Fsp3) is 0.400. The highest BCUT2D eigenvalue weighted by molar-refractivity contribution is 5.90. The number of fused-ring (bicyclic) bond motifs is 2. The van der Waals surface area contributed by atoms with E-state index in [0.29, 0.717) is 31.2 Å². The Morgan fingerprint density at radius 3 is 2.78 bits per heavy atom. The molecular weight excluding hydrogens is 342 g/mol. The molecule has 0 saturated heterocycles. The first kappa shape index (κ1) is 16.2. The van der Waals surface area contributed by atoms with Crippen LogP contribution in [-0.2, 0) is 25.9 Å². The topological polar surface area (TPSA) is 77.0 Å². The minimum absolute atomic E-state index is 0.0643. The number of rotatable bonds is 2. The van der Waals surface area contributed by atoms with Gasteiger partial charge in [-0.2, -0.15) is 0 Å². The minimum atomic E-state index is -0.0643. The molecule has 2 aliphatic rings. The Morgan fingerprint density at radius 1 is 1.00 bits per heavy atom. The second-order valence-corrected chi connectivity index (χ2v) is 7.13. The molecule has 27 heavy (non-hydrogen) atoms. The number of benzene rings is 1. The zero-order valence-corrected chi connectivity index (χ0v) is 15.1. The Hall–Kier alpha value is -2.96. The summed E-state index contributed by atoms with van der Waals surface area (Å²) in [4.78, 5) is 19.5. The molecule has 138 valence electrons. The van der Waals surface area contributed by atoms with E-state index in [1.807, 2.05) is 39.8 Å². The summed E-state index contributed by atoms with van der Waals surface area (Å²) in [5, 5.41) is 8.45. The fourth-order valence-electron chi connectivity index (χ4n) is 3.86. The summed E-state index contributed by atoms with van der Waals surface area (Å²) in [6, 6.07) is 9.85. The van der Waals surface area contributed by atoms with Crippen molar-refractivity contribution in [3.05, 3.63) is 53.4 Å². The highest BCUT2D eigenvalue weighted by atomic mass is 16.4. The molecule has 0 bridgehead atoms. The van der Waals surface area contributed by atoms with E-state index in [0.717, 1.165) is 48.6 Å². The number of amides is 1. The zero-order valence-electron chi connectivity index (χ0n) is 15.1. The molecule has 0 unspecified atom stereocenters. The molecular formula is C20H21N5O2. The Kier molecular flexibility index (Phi) is 3.99. The van der Waals surface area contributed by atoms with Gasteiger partial charge in [-0.3, -0.25) is 4.79 Å². The number of hydrogen-bond donors (Lipinski definition) is 0. The first-order valence-electron chi connectivity index (χ1n) is 9.55. The molecule has 1 aromatic carbocycles. The van der Waals surface area contributed by atoms with Crippen LogP contribution in [0.15, 0.2) is 34.7 Å². The molecule has 1 amide bonds. The summed E-state index contributed by atoms with van der Waals surface area (Å²) in [6.45, 7) is 1.88. The van der Waals surface area contributed by atoms with Crippen molar-refractivity contribution in [2.24, 2.45) is 0 Å². The molecule has 2 aromatic heterocycles. The molecule has 0 fully saturated rings. The zero-order chi connectivity index (χ0) is 18.2. The van der Waals surface area contributed by atoms with Gasteiger partial charge in [-0.05, 0) is 25.0 Å². The highest BCUT2D eigenvalue weighted by Crippen LogP contribution is 2.27. The van der Waals surface area contributed by atoms with Gasteiger partial charge in [-0.1, -0.05) is 24.6 Å². The Labute approximate surface area is 157 Å². The van der Waals surface area contributed by atoms with Gasteiger partial charge in [0.15, 0.2) is 0 Å². The average Bonchev–Trinajstić information content (AvgIpc) is 3.25. The van der Waals surface area contributed by atoms with Crippen LogP contribution >= 0.6 is 0 Å². The molecule has 0 saturated carbocycles. The van der Waals surface area contributed by atoms with Gasteiger partial charge >= 0.3 is 0 Å². The van der Waals surface area contributed by atoms with Crippen molar-refractivity contribution in [2.45, 2.75) is 45.2 Å². The van der Waals surface area contributed by atoms with Crippen LogP contribution in [0.4, 0.5) is 0 Å². The lowest BCUT2D eigenvalue weighted by Gasteiger charge is -2.25. The largest absolute Gasteiger partial charge is 0.441 e. The summed E-state index contributed by atoms with van der Waals surface area (Å²) in [6.07, 6.45) is 4.92. The molecule has 0 atom stereocenters. The van der Waals surface area contributed by atoms with Crippen molar-refractivity contribution < 1.29 is 9.21 Å². The monoisotopic (exact) mass is 363 g/mol. The Balaban J connectivity index is 1.39. The van der Waals surface area contributed by atoms with E-state index in [-0.39, 0.29) is 5.91 Å². The van der Waals surface area contributed by atoms with Crippen molar-refractivity contribution in [2.75, 3.05) is 6.54 Å². The predicted molar refractivity (Wildman–Crippen MR) is 98.0 cm³/mol. The molecule has 7 nitrogen and oxygen atoms in total. The standard InChI is InChI=1S/C20H21N5O2/c26-20(18-23-22-17-9-5-2-6-11-25(17)18)24-12-10-16-15(13-24)21-19(27-16)14-7-3-1-4-8-14/h1,3-4,7-8H,2,5-6,9-13H2. The first-order valence-corrected chi connectivity index (χ1v) is 9.55. The molecule has 0 radical (unpaired) electrons. The third kappa shape index (κ3) is 2.93. The number of aromatic nitrogens is 4. The van der Waals surface area contributed by atoms with Crippen LogP contribution in [0.5, 0.6) is 0 Å². The van der Waals surface area contributed by atoms with Gasteiger partial charge in [0, 0.05) is 31.5 Å². The molecule has 3 aromatic rings. The van der Waals surface area contributed by atoms with Crippen molar-refractivity contribution in [3.8, 4) is 11.5 Å². The van der Waals surface area contributed by atoms with Crippen molar-refractivity contribution in [1.29, 1.82) is 0 Å². The molecule has 5 rings (SSSR count). The number of carbonyl (C=O) groups excluding carboxylic acids is 1. The van der Waals surface area contributed by atoms with Crippen molar-refractivity contribution >= 4 is 5.91 Å². The smallest absolute Gasteiger partial charge is 0.292 e. The maximum atomic E-state index is 13.1. The van der Waals surface area contributed by atoms with Gasteiger partial charge in [0.05, 0.1) is 6.54 Å². The number of nitrogens with zero attached hydrogens (tertiary/aromatic N) is 5. The minimum Gasteiger partial charge on any atom is -0.441 e. The van der Waals surface area contributed by atoms with Crippen molar-refractivity contribution in [1.82, 2.24) is 24.6 Å². The normalized spacial score (nSPS) is 16.5. The quantitative estimate of drug-likeness (QED) is 0.700. The lowest BCUT2D eigenvalue weighted by Crippen LogP contribution is -2.37. The lowest BCUT2D eigenvalue weighted by atomic mass is 10.1. The second-order valence-electron chi connectivity index (χ2n) is 7.13. The van der Waals surface area contributed by atoms with Crippen LogP contribution in [-0.4, -0.2) is 37.1 Å². The number of carbonyl (C=O) groups is 1. The maximum Gasteiger partial charge on any atom is 0.292 e. The summed E-state index contributed by atoms with van der Waals surface area (Å²) in [7, 11) is 0. The average molecular weight is 363 g/mol. The Bertz CT molecular complexity index is 976. The molecule has 7 heteroatoms. The van der Waals surface area contributed by atoms with Crippen LogP contribution in [0.3, 0.4) is 0 Å². The van der Waals surface area contributed by atoms with E-state index >= 15 is 0 Å². The van der Waals surface area contributed by atoms with Gasteiger partial charge < -0.3 is 13.9 Å². The van der Waals surface area contributed by atoms with Gasteiger partial charge in [-0.15, -0.1) is 10.2 Å². The summed E-state index contributed by atoms with van der Waals surface area (Å²) < 4.78 is 7.94. The highest BCUT2D eigenvalue weighted by Gasteiger charge is 2.30. The summed E-state index contributed by atoms with van der Waals surface area (Å²) >= 11 is 0. The van der Waals surface area contributed by atoms with Crippen LogP contribution in [0.2, 0.25) is 0 Å². The summed E-state index contributed by atoms with van der Waals surface area (Å²) in [5.74, 6) is 2.82. The predicted octanol–water partition coefficient (Wildman–Crippen LogP) is 2.86. The molecule has 2 aliphatic heterocycles. The SMILES string of the molecule is O=C(c1nnc2n1CCCCC2)N1CCc2oc(-c3ccccc3)nc2C1. The lowest BCUT2D eigenvalue weighted by molar-refractivity contribution is 0.0709. The fourth-order valence-corrected chi connectivity index (χ4v) is 3.86. The van der Waals surface area contributed by atoms with Crippen LogP contribution in [0.1, 0.15) is 47.2 Å². The second kappa shape index (κ2) is 6.64. The molecule has 0 N–H and O–H groups in total. The Morgan fingerprint density at radius 2 is 1.89 bits per heavy atom. The van der Waals surface area contributed by atoms with E-state index in [4.69, 9.17) is 4.42 Å². The van der Waals surface area contributed by atoms with E-state index in [1.54, 1.807) is 0 Å². The van der Waals surface area contributed by atoms with E-state index < -0.39 is 0 Å². The van der Waals surface area contributed by atoms with E-state index in [9.17, 15) is 4.79 Å². The molecule has 0 aliphatic carbocycles. The van der Waals surface area contributed by atoms with Gasteiger partial charge in [0.1, 0.15) is 17.3 Å². The number of hydrogen-bond acceptors (Lipinski definition) is 5. The molecule has 0 spiro atoms.